The number of halogens is 1. The van der Waals surface area contributed by atoms with Gasteiger partial charge in [0.1, 0.15) is 0 Å². The Balaban J connectivity index is 2.41. The van der Waals surface area contributed by atoms with Gasteiger partial charge >= 0.3 is 0 Å². The first kappa shape index (κ1) is 11.6. The van der Waals surface area contributed by atoms with Gasteiger partial charge in [0.2, 0.25) is 5.78 Å². The predicted octanol–water partition coefficient (Wildman–Crippen LogP) is 4.36. The van der Waals surface area contributed by atoms with Crippen molar-refractivity contribution in [1.29, 1.82) is 0 Å². The highest BCUT2D eigenvalue weighted by Gasteiger charge is 2.11. The molecule has 0 aliphatic rings. The first-order valence-corrected chi connectivity index (χ1v) is 6.60. The van der Waals surface area contributed by atoms with Gasteiger partial charge in [-0.3, -0.25) is 4.79 Å². The van der Waals surface area contributed by atoms with Crippen LogP contribution in [0, 0.1) is 13.8 Å². The molecule has 0 fully saturated rings. The van der Waals surface area contributed by atoms with Gasteiger partial charge in [-0.2, -0.15) is 0 Å². The number of thiophene rings is 1. The number of carbonyl (C=O) groups excluding carboxylic acids is 1. The van der Waals surface area contributed by atoms with Crippen LogP contribution in [0.4, 0.5) is 0 Å². The second-order valence-electron chi connectivity index (χ2n) is 3.83. The van der Waals surface area contributed by atoms with Gasteiger partial charge in [0.25, 0.3) is 0 Å². The minimum Gasteiger partial charge on any atom is -0.288 e. The molecular formula is C13H11BrOS. The van der Waals surface area contributed by atoms with Crippen LogP contribution in [0.25, 0.3) is 0 Å². The molecule has 16 heavy (non-hydrogen) atoms. The molecule has 1 aromatic carbocycles. The van der Waals surface area contributed by atoms with Crippen LogP contribution in [-0.2, 0) is 0 Å². The first-order chi connectivity index (χ1) is 7.56. The van der Waals surface area contributed by atoms with E-state index in [2.05, 4.69) is 22.0 Å². The van der Waals surface area contributed by atoms with Crippen LogP contribution < -0.4 is 0 Å². The fraction of sp³-hybridized carbons (Fsp3) is 0.154. The molecule has 0 saturated heterocycles. The van der Waals surface area contributed by atoms with E-state index in [-0.39, 0.29) is 5.78 Å². The van der Waals surface area contributed by atoms with Gasteiger partial charge in [-0.1, -0.05) is 17.2 Å². The molecule has 3 heteroatoms. The van der Waals surface area contributed by atoms with Gasteiger partial charge in [0.05, 0.1) is 4.88 Å². The zero-order chi connectivity index (χ0) is 11.7. The van der Waals surface area contributed by atoms with Crippen LogP contribution in [0.5, 0.6) is 0 Å². The third-order valence-electron chi connectivity index (χ3n) is 2.28. The Kier molecular flexibility index (Phi) is 3.26. The van der Waals surface area contributed by atoms with Gasteiger partial charge in [0.15, 0.2) is 0 Å². The van der Waals surface area contributed by atoms with E-state index in [9.17, 15) is 4.79 Å². The number of hydrogen-bond acceptors (Lipinski definition) is 2. The van der Waals surface area contributed by atoms with Crippen molar-refractivity contribution < 1.29 is 4.79 Å². The Morgan fingerprint density at radius 2 is 1.75 bits per heavy atom. The molecule has 0 N–H and O–H groups in total. The maximum atomic E-state index is 12.2. The second-order valence-corrected chi connectivity index (χ2v) is 5.66. The zero-order valence-electron chi connectivity index (χ0n) is 9.08. The minimum absolute atomic E-state index is 0.0995. The molecule has 0 aliphatic carbocycles. The van der Waals surface area contributed by atoms with E-state index in [0.29, 0.717) is 0 Å². The molecule has 82 valence electrons. The Hall–Kier alpha value is -0.930. The predicted molar refractivity (Wildman–Crippen MR) is 71.4 cm³/mol. The largest absolute Gasteiger partial charge is 0.288 e. The summed E-state index contributed by atoms with van der Waals surface area (Å²) in [6, 6.07) is 7.80. The van der Waals surface area contributed by atoms with Crippen molar-refractivity contribution in [2.24, 2.45) is 0 Å². The molecule has 2 rings (SSSR count). The molecule has 1 heterocycles. The lowest BCUT2D eigenvalue weighted by Gasteiger charge is -2.02. The SMILES string of the molecule is Cc1cc(C)cc(C(=O)c2cc(Br)cs2)c1. The van der Waals surface area contributed by atoms with Crippen LogP contribution >= 0.6 is 27.3 Å². The number of hydrogen-bond donors (Lipinski definition) is 0. The zero-order valence-corrected chi connectivity index (χ0v) is 11.5. The van der Waals surface area contributed by atoms with Crippen LogP contribution in [0.3, 0.4) is 0 Å². The van der Waals surface area contributed by atoms with E-state index in [4.69, 9.17) is 0 Å². The lowest BCUT2D eigenvalue weighted by molar-refractivity contribution is 0.104. The van der Waals surface area contributed by atoms with E-state index in [1.54, 1.807) is 0 Å². The summed E-state index contributed by atoms with van der Waals surface area (Å²) < 4.78 is 0.963. The van der Waals surface area contributed by atoms with Crippen molar-refractivity contribution in [3.8, 4) is 0 Å². The summed E-state index contributed by atoms with van der Waals surface area (Å²) in [4.78, 5) is 12.9. The Labute approximate surface area is 107 Å². The molecule has 0 radical (unpaired) electrons. The van der Waals surface area contributed by atoms with E-state index in [1.807, 2.05) is 37.4 Å². The second kappa shape index (κ2) is 4.52. The monoisotopic (exact) mass is 294 g/mol. The maximum absolute atomic E-state index is 12.2. The van der Waals surface area contributed by atoms with Gasteiger partial charge in [0, 0.05) is 15.4 Å². The quantitative estimate of drug-likeness (QED) is 0.752. The number of rotatable bonds is 2. The van der Waals surface area contributed by atoms with Gasteiger partial charge < -0.3 is 0 Å². The normalized spacial score (nSPS) is 10.4. The summed E-state index contributed by atoms with van der Waals surface area (Å²) in [7, 11) is 0. The fourth-order valence-corrected chi connectivity index (χ4v) is 3.07. The average Bonchev–Trinajstić information content (AvgIpc) is 2.62. The Bertz CT molecular complexity index is 522. The average molecular weight is 295 g/mol. The molecule has 0 spiro atoms. The summed E-state index contributed by atoms with van der Waals surface area (Å²) >= 11 is 4.83. The Morgan fingerprint density at radius 3 is 2.25 bits per heavy atom. The highest BCUT2D eigenvalue weighted by molar-refractivity contribution is 9.10. The van der Waals surface area contributed by atoms with E-state index >= 15 is 0 Å². The standard InChI is InChI=1S/C13H11BrOS/c1-8-3-9(2)5-10(4-8)13(15)12-6-11(14)7-16-12/h3-7H,1-2H3. The molecular weight excluding hydrogens is 284 g/mol. The van der Waals surface area contributed by atoms with Crippen molar-refractivity contribution in [1.82, 2.24) is 0 Å². The van der Waals surface area contributed by atoms with Crippen molar-refractivity contribution in [3.63, 3.8) is 0 Å². The van der Waals surface area contributed by atoms with Crippen molar-refractivity contribution >= 4 is 33.0 Å². The van der Waals surface area contributed by atoms with E-state index in [0.717, 1.165) is 26.0 Å². The molecule has 0 saturated carbocycles. The topological polar surface area (TPSA) is 17.1 Å². The van der Waals surface area contributed by atoms with Crippen LogP contribution in [0.1, 0.15) is 26.4 Å². The minimum atomic E-state index is 0.0995. The van der Waals surface area contributed by atoms with E-state index < -0.39 is 0 Å². The van der Waals surface area contributed by atoms with Crippen LogP contribution in [-0.4, -0.2) is 5.78 Å². The third-order valence-corrected chi connectivity index (χ3v) is 3.96. The van der Waals surface area contributed by atoms with Crippen molar-refractivity contribution in [2.45, 2.75) is 13.8 Å². The summed E-state index contributed by atoms with van der Waals surface area (Å²) in [5, 5.41) is 1.93. The fourth-order valence-electron chi connectivity index (χ4n) is 1.68. The van der Waals surface area contributed by atoms with Crippen LogP contribution in [0.15, 0.2) is 34.1 Å². The highest BCUT2D eigenvalue weighted by Crippen LogP contribution is 2.23. The summed E-state index contributed by atoms with van der Waals surface area (Å²) in [6.45, 7) is 4.02. The number of benzene rings is 1. The van der Waals surface area contributed by atoms with Gasteiger partial charge in [-0.15, -0.1) is 11.3 Å². The number of ketones is 1. The third kappa shape index (κ3) is 2.42. The first-order valence-electron chi connectivity index (χ1n) is 4.93. The smallest absolute Gasteiger partial charge is 0.202 e. The van der Waals surface area contributed by atoms with Gasteiger partial charge in [-0.25, -0.2) is 0 Å². The van der Waals surface area contributed by atoms with Crippen LogP contribution in [0.2, 0.25) is 0 Å². The summed E-state index contributed by atoms with van der Waals surface area (Å²) in [5.74, 6) is 0.0995. The lowest BCUT2D eigenvalue weighted by atomic mass is 10.0. The number of carbonyl (C=O) groups is 1. The van der Waals surface area contributed by atoms with Crippen molar-refractivity contribution in [3.05, 3.63) is 55.7 Å². The molecule has 0 atom stereocenters. The maximum Gasteiger partial charge on any atom is 0.202 e. The number of aryl methyl sites for hydroxylation is 2. The molecule has 1 aromatic heterocycles. The highest BCUT2D eigenvalue weighted by atomic mass is 79.9. The summed E-state index contributed by atoms with van der Waals surface area (Å²) in [5.41, 5.74) is 3.02. The molecule has 1 nitrogen and oxygen atoms in total. The molecule has 0 amide bonds. The molecule has 0 unspecified atom stereocenters. The van der Waals surface area contributed by atoms with Gasteiger partial charge in [-0.05, 0) is 48.0 Å². The Morgan fingerprint density at radius 1 is 1.12 bits per heavy atom. The lowest BCUT2D eigenvalue weighted by Crippen LogP contribution is -1.99. The molecule has 2 aromatic rings. The summed E-state index contributed by atoms with van der Waals surface area (Å²) in [6.07, 6.45) is 0. The molecule has 0 bridgehead atoms. The molecule has 0 aliphatic heterocycles. The van der Waals surface area contributed by atoms with E-state index in [1.165, 1.54) is 11.3 Å². The van der Waals surface area contributed by atoms with Crippen molar-refractivity contribution in [2.75, 3.05) is 0 Å².